The summed E-state index contributed by atoms with van der Waals surface area (Å²) in [7, 11) is 0. The minimum absolute atomic E-state index is 0.393. The molecule has 0 saturated carbocycles. The van der Waals surface area contributed by atoms with E-state index in [1.165, 1.54) is 0 Å². The summed E-state index contributed by atoms with van der Waals surface area (Å²) in [6.07, 6.45) is 2.89. The zero-order valence-electron chi connectivity index (χ0n) is 8.93. The summed E-state index contributed by atoms with van der Waals surface area (Å²) in [5.41, 5.74) is 0.835. The smallest absolute Gasteiger partial charge is 0.217 e. The molecule has 5 heteroatoms. The molecule has 1 aliphatic heterocycles. The van der Waals surface area contributed by atoms with Crippen molar-refractivity contribution in [2.24, 2.45) is 0 Å². The van der Waals surface area contributed by atoms with Crippen molar-refractivity contribution in [2.45, 2.75) is 6.29 Å². The number of ether oxygens (including phenoxy) is 2. The van der Waals surface area contributed by atoms with Gasteiger partial charge in [-0.2, -0.15) is 0 Å². The fraction of sp³-hybridized carbons (Fsp3) is 0.250. The molecule has 0 bridgehead atoms. The summed E-state index contributed by atoms with van der Waals surface area (Å²) in [6.45, 7) is 1.19. The third-order valence-electron chi connectivity index (χ3n) is 2.47. The molecule has 1 aliphatic rings. The molecule has 3 heterocycles. The first-order valence-electron chi connectivity index (χ1n) is 5.27. The monoisotopic (exact) mass is 251 g/mol. The number of rotatable bonds is 2. The molecule has 2 aromatic rings. The van der Waals surface area contributed by atoms with Crippen molar-refractivity contribution in [1.82, 2.24) is 4.98 Å². The van der Waals surface area contributed by atoms with Gasteiger partial charge < -0.3 is 13.9 Å². The van der Waals surface area contributed by atoms with Crippen molar-refractivity contribution < 1.29 is 13.9 Å². The second-order valence-electron chi connectivity index (χ2n) is 3.67. The quantitative estimate of drug-likeness (QED) is 0.823. The highest BCUT2D eigenvalue weighted by Crippen LogP contribution is 2.30. The van der Waals surface area contributed by atoms with Crippen LogP contribution in [0.15, 0.2) is 35.0 Å². The van der Waals surface area contributed by atoms with Gasteiger partial charge in [0.05, 0.1) is 18.2 Å². The van der Waals surface area contributed by atoms with E-state index in [1.54, 1.807) is 18.5 Å². The summed E-state index contributed by atoms with van der Waals surface area (Å²) >= 11 is 5.88. The second kappa shape index (κ2) is 4.49. The fourth-order valence-electron chi connectivity index (χ4n) is 1.70. The van der Waals surface area contributed by atoms with Gasteiger partial charge >= 0.3 is 0 Å². The maximum Gasteiger partial charge on any atom is 0.217 e. The van der Waals surface area contributed by atoms with Crippen molar-refractivity contribution in [2.75, 3.05) is 13.2 Å². The van der Waals surface area contributed by atoms with Gasteiger partial charge in [-0.3, -0.25) is 4.98 Å². The highest BCUT2D eigenvalue weighted by atomic mass is 35.5. The van der Waals surface area contributed by atoms with Gasteiger partial charge in [0.15, 0.2) is 5.76 Å². The molecule has 3 rings (SSSR count). The topological polar surface area (TPSA) is 44.5 Å². The standard InChI is InChI=1S/C12H10ClNO3/c13-9-5-8(6-14-7-9)10-1-2-11(17-10)12-15-3-4-16-12/h1-2,5-7,12H,3-4H2. The molecule has 0 atom stereocenters. The van der Waals surface area contributed by atoms with Crippen LogP contribution in [0.4, 0.5) is 0 Å². The molecule has 1 saturated heterocycles. The molecular weight excluding hydrogens is 242 g/mol. The van der Waals surface area contributed by atoms with Crippen LogP contribution in [0.5, 0.6) is 0 Å². The van der Waals surface area contributed by atoms with Crippen LogP contribution in [-0.4, -0.2) is 18.2 Å². The van der Waals surface area contributed by atoms with Crippen LogP contribution in [0.1, 0.15) is 12.1 Å². The van der Waals surface area contributed by atoms with E-state index in [4.69, 9.17) is 25.5 Å². The highest BCUT2D eigenvalue weighted by Gasteiger charge is 2.22. The molecule has 0 unspecified atom stereocenters. The first-order chi connectivity index (χ1) is 8.33. The third kappa shape index (κ3) is 2.20. The number of halogens is 1. The Morgan fingerprint density at radius 3 is 2.76 bits per heavy atom. The molecule has 17 heavy (non-hydrogen) atoms. The molecule has 0 aliphatic carbocycles. The van der Waals surface area contributed by atoms with E-state index in [1.807, 2.05) is 12.1 Å². The average molecular weight is 252 g/mol. The van der Waals surface area contributed by atoms with Gasteiger partial charge in [0.2, 0.25) is 6.29 Å². The van der Waals surface area contributed by atoms with Crippen molar-refractivity contribution in [3.05, 3.63) is 41.4 Å². The van der Waals surface area contributed by atoms with Crippen LogP contribution < -0.4 is 0 Å². The van der Waals surface area contributed by atoms with E-state index >= 15 is 0 Å². The number of pyridine rings is 1. The Morgan fingerprint density at radius 1 is 1.18 bits per heavy atom. The van der Waals surface area contributed by atoms with Crippen molar-refractivity contribution >= 4 is 11.6 Å². The van der Waals surface area contributed by atoms with Crippen LogP contribution >= 0.6 is 11.6 Å². The fourth-order valence-corrected chi connectivity index (χ4v) is 1.88. The van der Waals surface area contributed by atoms with Crippen molar-refractivity contribution in [3.63, 3.8) is 0 Å². The lowest BCUT2D eigenvalue weighted by Crippen LogP contribution is -1.94. The number of aromatic nitrogens is 1. The SMILES string of the molecule is Clc1cncc(-c2ccc(C3OCCO3)o2)c1. The van der Waals surface area contributed by atoms with Crippen LogP contribution in [-0.2, 0) is 9.47 Å². The zero-order chi connectivity index (χ0) is 11.7. The van der Waals surface area contributed by atoms with Crippen LogP contribution in [0.3, 0.4) is 0 Å². The van der Waals surface area contributed by atoms with E-state index in [0.29, 0.717) is 29.8 Å². The number of nitrogens with zero attached hydrogens (tertiary/aromatic N) is 1. The van der Waals surface area contributed by atoms with E-state index < -0.39 is 6.29 Å². The first-order valence-corrected chi connectivity index (χ1v) is 5.64. The average Bonchev–Trinajstić information content (AvgIpc) is 3.00. The van der Waals surface area contributed by atoms with Gasteiger partial charge in [-0.25, -0.2) is 0 Å². The maximum atomic E-state index is 5.88. The molecule has 1 fully saturated rings. The van der Waals surface area contributed by atoms with Crippen LogP contribution in [0, 0.1) is 0 Å². The largest absolute Gasteiger partial charge is 0.456 e. The molecule has 0 aromatic carbocycles. The summed E-state index contributed by atoms with van der Waals surface area (Å²) < 4.78 is 16.4. The summed E-state index contributed by atoms with van der Waals surface area (Å²) in [5, 5.41) is 0.578. The molecule has 4 nitrogen and oxygen atoms in total. The Bertz CT molecular complexity index is 520. The normalized spacial score (nSPS) is 16.5. The van der Waals surface area contributed by atoms with Gasteiger partial charge in [-0.1, -0.05) is 11.6 Å². The molecule has 0 N–H and O–H groups in total. The molecule has 0 amide bonds. The van der Waals surface area contributed by atoms with E-state index in [-0.39, 0.29) is 0 Å². The van der Waals surface area contributed by atoms with Gasteiger partial charge in [-0.05, 0) is 18.2 Å². The number of hydrogen-bond acceptors (Lipinski definition) is 4. The van der Waals surface area contributed by atoms with E-state index in [2.05, 4.69) is 4.98 Å². The van der Waals surface area contributed by atoms with Gasteiger partial charge in [0, 0.05) is 18.0 Å². The zero-order valence-corrected chi connectivity index (χ0v) is 9.68. The lowest BCUT2D eigenvalue weighted by atomic mass is 10.2. The highest BCUT2D eigenvalue weighted by molar-refractivity contribution is 6.30. The Kier molecular flexibility index (Phi) is 2.84. The first kappa shape index (κ1) is 10.8. The maximum absolute atomic E-state index is 5.88. The van der Waals surface area contributed by atoms with Crippen molar-refractivity contribution in [1.29, 1.82) is 0 Å². The van der Waals surface area contributed by atoms with Crippen molar-refractivity contribution in [3.8, 4) is 11.3 Å². The Balaban J connectivity index is 1.89. The van der Waals surface area contributed by atoms with Gasteiger partial charge in [0.25, 0.3) is 0 Å². The molecular formula is C12H10ClNO3. The predicted molar refractivity (Wildman–Crippen MR) is 61.6 cm³/mol. The van der Waals surface area contributed by atoms with Crippen LogP contribution in [0.25, 0.3) is 11.3 Å². The Labute approximate surface area is 103 Å². The second-order valence-corrected chi connectivity index (χ2v) is 4.10. The molecule has 88 valence electrons. The lowest BCUT2D eigenvalue weighted by Gasteiger charge is -2.04. The Morgan fingerprint density at radius 2 is 2.00 bits per heavy atom. The molecule has 0 spiro atoms. The van der Waals surface area contributed by atoms with Gasteiger partial charge in [-0.15, -0.1) is 0 Å². The van der Waals surface area contributed by atoms with E-state index in [0.717, 1.165) is 5.56 Å². The summed E-state index contributed by atoms with van der Waals surface area (Å²) in [4.78, 5) is 4.01. The number of furan rings is 1. The van der Waals surface area contributed by atoms with E-state index in [9.17, 15) is 0 Å². The minimum Gasteiger partial charge on any atom is -0.456 e. The summed E-state index contributed by atoms with van der Waals surface area (Å²) in [5.74, 6) is 1.37. The minimum atomic E-state index is -0.393. The molecule has 2 aromatic heterocycles. The van der Waals surface area contributed by atoms with Crippen LogP contribution in [0.2, 0.25) is 5.02 Å². The lowest BCUT2D eigenvalue weighted by molar-refractivity contribution is -0.0585. The predicted octanol–water partition coefficient (Wildman–Crippen LogP) is 3.04. The summed E-state index contributed by atoms with van der Waals surface area (Å²) in [6, 6.07) is 5.49. The Hall–Kier alpha value is -1.36. The third-order valence-corrected chi connectivity index (χ3v) is 2.68. The molecule has 0 radical (unpaired) electrons. The number of hydrogen-bond donors (Lipinski definition) is 0. The van der Waals surface area contributed by atoms with Gasteiger partial charge in [0.1, 0.15) is 5.76 Å².